The van der Waals surface area contributed by atoms with Crippen molar-refractivity contribution in [2.75, 3.05) is 44.2 Å². The second kappa shape index (κ2) is 14.8. The Balaban J connectivity index is 1.09. The first-order valence-electron chi connectivity index (χ1n) is 16.3. The number of aryl methyl sites for hydroxylation is 2. The van der Waals surface area contributed by atoms with Gasteiger partial charge in [-0.05, 0) is 56.7 Å². The molecule has 14 heteroatoms. The Labute approximate surface area is 299 Å². The Bertz CT molecular complexity index is 2050. The number of carboxylic acid groups (broad SMARTS) is 1. The van der Waals surface area contributed by atoms with E-state index in [1.807, 2.05) is 46.7 Å². The van der Waals surface area contributed by atoms with Gasteiger partial charge in [-0.15, -0.1) is 21.5 Å². The molecule has 4 N–H and O–H groups in total. The summed E-state index contributed by atoms with van der Waals surface area (Å²) in [5, 5.41) is 23.0. The van der Waals surface area contributed by atoms with Gasteiger partial charge in [-0.25, -0.2) is 4.79 Å². The van der Waals surface area contributed by atoms with Crippen molar-refractivity contribution in [2.45, 2.75) is 39.7 Å². The first-order valence-corrected chi connectivity index (χ1v) is 17.5. The van der Waals surface area contributed by atoms with Crippen molar-refractivity contribution in [3.05, 3.63) is 91.8 Å². The summed E-state index contributed by atoms with van der Waals surface area (Å²) in [6, 6.07) is 12.1. The fraction of sp³-hybridized carbons (Fsp3) is 0.333. The van der Waals surface area contributed by atoms with Crippen LogP contribution in [0.1, 0.15) is 68.0 Å². The number of nitrogens with one attached hydrogen (secondary N) is 1. The summed E-state index contributed by atoms with van der Waals surface area (Å²) in [5.74, 6) is 5.44. The lowest BCUT2D eigenvalue weighted by atomic mass is 9.99. The third-order valence-electron chi connectivity index (χ3n) is 8.95. The molecular weight excluding hydrogens is 676 g/mol. The minimum atomic E-state index is -1.06. The summed E-state index contributed by atoms with van der Waals surface area (Å²) < 4.78 is 2.00. The van der Waals surface area contributed by atoms with Gasteiger partial charge in [0.15, 0.2) is 5.82 Å². The molecule has 4 aromatic rings. The number of nitrogens with zero attached hydrogens (tertiary/aromatic N) is 6. The number of aromatic nitrogens is 3. The first kappa shape index (κ1) is 34.8. The van der Waals surface area contributed by atoms with E-state index < -0.39 is 12.0 Å². The van der Waals surface area contributed by atoms with Crippen molar-refractivity contribution in [3.8, 4) is 16.8 Å². The smallest absolute Gasteiger partial charge is 0.337 e. The highest BCUT2D eigenvalue weighted by Crippen LogP contribution is 2.39. The predicted octanol–water partition coefficient (Wildman–Crippen LogP) is 4.05. The monoisotopic (exact) mass is 712 g/mol. The molecule has 6 rings (SSSR count). The van der Waals surface area contributed by atoms with Crippen molar-refractivity contribution < 1.29 is 19.5 Å². The molecule has 0 unspecified atom stereocenters. The lowest BCUT2D eigenvalue weighted by Gasteiger charge is -2.36. The molecule has 0 aliphatic carbocycles. The average molecular weight is 713 g/mol. The second-order valence-electron chi connectivity index (χ2n) is 12.1. The summed E-state index contributed by atoms with van der Waals surface area (Å²) in [6.45, 7) is 8.42. The summed E-state index contributed by atoms with van der Waals surface area (Å²) in [6.07, 6.45) is 0.183. The molecule has 0 radical (unpaired) electrons. The van der Waals surface area contributed by atoms with Crippen molar-refractivity contribution in [3.63, 3.8) is 0 Å². The molecule has 1 fully saturated rings. The molecule has 2 amide bonds. The summed E-state index contributed by atoms with van der Waals surface area (Å²) in [7, 11) is 0. The molecule has 50 heavy (non-hydrogen) atoms. The van der Waals surface area contributed by atoms with Crippen LogP contribution >= 0.6 is 22.9 Å². The van der Waals surface area contributed by atoms with Crippen molar-refractivity contribution >= 4 is 52.1 Å². The van der Waals surface area contributed by atoms with Crippen LogP contribution in [0, 0.1) is 32.6 Å². The Hall–Kier alpha value is -5.03. The van der Waals surface area contributed by atoms with E-state index in [-0.39, 0.29) is 43.3 Å². The molecule has 0 spiro atoms. The van der Waals surface area contributed by atoms with E-state index in [4.69, 9.17) is 22.3 Å². The maximum atomic E-state index is 13.3. The van der Waals surface area contributed by atoms with Crippen molar-refractivity contribution in [2.24, 2.45) is 10.7 Å². The fourth-order valence-electron chi connectivity index (χ4n) is 6.22. The Kier molecular flexibility index (Phi) is 10.3. The maximum absolute atomic E-state index is 13.3. The van der Waals surface area contributed by atoms with Gasteiger partial charge >= 0.3 is 5.97 Å². The highest BCUT2D eigenvalue weighted by molar-refractivity contribution is 7.15. The molecular formula is C36H37ClN8O4S. The number of halogens is 1. The van der Waals surface area contributed by atoms with Crippen molar-refractivity contribution in [1.82, 2.24) is 25.0 Å². The van der Waals surface area contributed by atoms with Crippen LogP contribution < -0.4 is 16.0 Å². The Morgan fingerprint density at radius 2 is 1.80 bits per heavy atom. The molecule has 2 aromatic heterocycles. The van der Waals surface area contributed by atoms with Gasteiger partial charge in [0.25, 0.3) is 0 Å². The minimum Gasteiger partial charge on any atom is -0.478 e. The quantitative estimate of drug-likeness (QED) is 0.231. The molecule has 2 aliphatic heterocycles. The number of hydrogen-bond acceptors (Lipinski definition) is 9. The average Bonchev–Trinajstić information content (AvgIpc) is 3.59. The third-order valence-corrected chi connectivity index (χ3v) is 10.4. The van der Waals surface area contributed by atoms with E-state index in [1.165, 1.54) is 0 Å². The number of fused-ring (bicyclic) bond motifs is 3. The molecule has 0 bridgehead atoms. The van der Waals surface area contributed by atoms with Gasteiger partial charge in [-0.1, -0.05) is 35.6 Å². The lowest BCUT2D eigenvalue weighted by molar-refractivity contribution is -0.131. The van der Waals surface area contributed by atoms with E-state index in [2.05, 4.69) is 41.2 Å². The zero-order valence-electron chi connectivity index (χ0n) is 28.0. The summed E-state index contributed by atoms with van der Waals surface area (Å²) in [5.41, 5.74) is 10.5. The molecule has 2 aromatic carbocycles. The van der Waals surface area contributed by atoms with Gasteiger partial charge in [-0.2, -0.15) is 0 Å². The lowest BCUT2D eigenvalue weighted by Crippen LogP contribution is -2.49. The standard InChI is InChI=1S/C36H37ClN8O4S/c1-21-22(2)50-35-32(21)33(25-6-9-26(37)10-7-25)40-29(34-42-41-23(3)45(34)35)20-30(46)39-14-12-31(47)44-17-15-43(16-18-44)27-11-8-24(5-4-13-38)28(19-27)36(48)49/h6-11,19,29H,12-18,20,38H2,1-3H3,(H,39,46)(H,48,49)/t29-/m0/s1. The number of thiophene rings is 1. The van der Waals surface area contributed by atoms with Gasteiger partial charge in [0.2, 0.25) is 11.8 Å². The van der Waals surface area contributed by atoms with E-state index in [0.29, 0.717) is 48.4 Å². The van der Waals surface area contributed by atoms with Crippen molar-refractivity contribution in [1.29, 1.82) is 0 Å². The van der Waals surface area contributed by atoms with E-state index in [0.717, 1.165) is 38.0 Å². The van der Waals surface area contributed by atoms with Crippen LogP contribution in [-0.2, 0) is 9.59 Å². The normalized spacial score (nSPS) is 15.3. The summed E-state index contributed by atoms with van der Waals surface area (Å²) >= 11 is 7.86. The molecule has 0 saturated carbocycles. The van der Waals surface area contributed by atoms with E-state index in [9.17, 15) is 19.5 Å². The molecule has 2 aliphatic rings. The van der Waals surface area contributed by atoms with Gasteiger partial charge in [0.05, 0.1) is 24.2 Å². The second-order valence-corrected chi connectivity index (χ2v) is 13.8. The number of aromatic carboxylic acids is 1. The SMILES string of the molecule is Cc1sc2c(c1C)C(c1ccc(Cl)cc1)=N[C@@H](CC(=O)NCCC(=O)N1CCN(c3ccc(C#CCN)c(C(=O)O)c3)CC1)c1nnc(C)n1-2. The number of amides is 2. The highest BCUT2D eigenvalue weighted by atomic mass is 35.5. The zero-order chi connectivity index (χ0) is 35.5. The van der Waals surface area contributed by atoms with Crippen LogP contribution in [0.4, 0.5) is 5.69 Å². The third kappa shape index (κ3) is 7.14. The number of anilines is 1. The van der Waals surface area contributed by atoms with Gasteiger partial charge < -0.3 is 26.0 Å². The number of carbonyl (C=O) groups is 3. The van der Waals surface area contributed by atoms with Crippen LogP contribution in [0.3, 0.4) is 0 Å². The topological polar surface area (TPSA) is 159 Å². The number of nitrogens with two attached hydrogens (primary N) is 1. The van der Waals surface area contributed by atoms with E-state index >= 15 is 0 Å². The van der Waals surface area contributed by atoms with Crippen LogP contribution in [0.15, 0.2) is 47.5 Å². The number of carboxylic acids is 1. The zero-order valence-corrected chi connectivity index (χ0v) is 29.6. The number of benzene rings is 2. The fourth-order valence-corrected chi connectivity index (χ4v) is 7.56. The number of rotatable bonds is 8. The van der Waals surface area contributed by atoms with Gasteiger partial charge in [-0.3, -0.25) is 19.1 Å². The molecule has 258 valence electrons. The van der Waals surface area contributed by atoms with Gasteiger partial charge in [0, 0.05) is 71.4 Å². The number of hydrogen-bond donors (Lipinski definition) is 3. The Morgan fingerprint density at radius 1 is 1.06 bits per heavy atom. The highest BCUT2D eigenvalue weighted by Gasteiger charge is 2.32. The van der Waals surface area contributed by atoms with Crippen LogP contribution in [0.2, 0.25) is 5.02 Å². The molecule has 4 heterocycles. The molecule has 1 saturated heterocycles. The van der Waals surface area contributed by atoms with Gasteiger partial charge in [0.1, 0.15) is 16.9 Å². The molecule has 12 nitrogen and oxygen atoms in total. The molecule has 1 atom stereocenters. The van der Waals surface area contributed by atoms with Crippen LogP contribution in [0.5, 0.6) is 0 Å². The van der Waals surface area contributed by atoms with Crippen LogP contribution in [-0.4, -0.2) is 87.5 Å². The van der Waals surface area contributed by atoms with E-state index in [1.54, 1.807) is 28.4 Å². The number of carbonyl (C=O) groups excluding carboxylic acids is 2. The first-order chi connectivity index (χ1) is 24.0. The Morgan fingerprint density at radius 3 is 2.50 bits per heavy atom. The summed E-state index contributed by atoms with van der Waals surface area (Å²) in [4.78, 5) is 48.4. The maximum Gasteiger partial charge on any atom is 0.337 e. The predicted molar refractivity (Wildman–Crippen MR) is 194 cm³/mol. The van der Waals surface area contributed by atoms with Crippen LogP contribution in [0.25, 0.3) is 5.00 Å². The largest absolute Gasteiger partial charge is 0.478 e. The number of aliphatic imine (C=N–C) groups is 1. The minimum absolute atomic E-state index is 0.0317. The number of piperazine rings is 1.